The number of aromatic nitrogens is 1. The van der Waals surface area contributed by atoms with Gasteiger partial charge in [-0.1, -0.05) is 48.5 Å². The maximum absolute atomic E-state index is 12.2. The van der Waals surface area contributed by atoms with Gasteiger partial charge in [-0.15, -0.1) is 0 Å². The Morgan fingerprint density at radius 1 is 0.947 bits per heavy atom. The van der Waals surface area contributed by atoms with Crippen LogP contribution in [-0.4, -0.2) is 16.6 Å². The SMILES string of the molecule is O=C(C(=O)c1[nH]cc2ccccc12)c1cc[c]cc1. The van der Waals surface area contributed by atoms with Crippen molar-refractivity contribution in [3.8, 4) is 0 Å². The summed E-state index contributed by atoms with van der Waals surface area (Å²) in [6.07, 6.45) is 1.73. The molecule has 0 unspecified atom stereocenters. The van der Waals surface area contributed by atoms with Crippen LogP contribution < -0.4 is 0 Å². The van der Waals surface area contributed by atoms with Crippen LogP contribution in [0.4, 0.5) is 0 Å². The zero-order valence-electron chi connectivity index (χ0n) is 10.0. The zero-order chi connectivity index (χ0) is 13.2. The van der Waals surface area contributed by atoms with Crippen molar-refractivity contribution < 1.29 is 9.59 Å². The van der Waals surface area contributed by atoms with Crippen molar-refractivity contribution in [3.63, 3.8) is 0 Å². The molecular formula is C16H10NO2. The molecule has 0 aliphatic heterocycles. The van der Waals surface area contributed by atoms with Crippen LogP contribution in [0.2, 0.25) is 0 Å². The molecule has 0 aliphatic rings. The number of carbonyl (C=O) groups excluding carboxylic acids is 2. The van der Waals surface area contributed by atoms with Gasteiger partial charge in [0.1, 0.15) is 0 Å². The van der Waals surface area contributed by atoms with E-state index >= 15 is 0 Å². The molecular weight excluding hydrogens is 238 g/mol. The van der Waals surface area contributed by atoms with Crippen LogP contribution in [-0.2, 0) is 0 Å². The number of Topliss-reactive ketones (excluding diaryl/α,β-unsaturated/α-hetero) is 2. The van der Waals surface area contributed by atoms with Gasteiger partial charge in [0, 0.05) is 17.1 Å². The number of hydrogen-bond donors (Lipinski definition) is 1. The van der Waals surface area contributed by atoms with E-state index in [0.717, 1.165) is 10.8 Å². The van der Waals surface area contributed by atoms with E-state index in [1.807, 2.05) is 24.3 Å². The third-order valence-electron chi connectivity index (χ3n) is 3.02. The Morgan fingerprint density at radius 3 is 2.47 bits per heavy atom. The fourth-order valence-electron chi connectivity index (χ4n) is 2.05. The first-order chi connectivity index (χ1) is 9.27. The molecule has 0 saturated carbocycles. The fourth-order valence-corrected chi connectivity index (χ4v) is 2.05. The third kappa shape index (κ3) is 1.95. The van der Waals surface area contributed by atoms with Gasteiger partial charge < -0.3 is 4.98 Å². The van der Waals surface area contributed by atoms with Gasteiger partial charge in [0.05, 0.1) is 5.69 Å². The van der Waals surface area contributed by atoms with E-state index in [4.69, 9.17) is 0 Å². The van der Waals surface area contributed by atoms with Gasteiger partial charge in [-0.25, -0.2) is 0 Å². The first kappa shape index (κ1) is 11.4. The first-order valence-corrected chi connectivity index (χ1v) is 5.88. The van der Waals surface area contributed by atoms with Gasteiger partial charge in [-0.05, 0) is 11.5 Å². The van der Waals surface area contributed by atoms with E-state index in [-0.39, 0.29) is 0 Å². The van der Waals surface area contributed by atoms with Crippen molar-refractivity contribution in [3.05, 3.63) is 72.1 Å². The molecule has 19 heavy (non-hydrogen) atoms. The van der Waals surface area contributed by atoms with Crippen molar-refractivity contribution in [2.75, 3.05) is 0 Å². The van der Waals surface area contributed by atoms with E-state index in [1.54, 1.807) is 30.5 Å². The van der Waals surface area contributed by atoms with Crippen LogP contribution in [0, 0.1) is 6.07 Å². The standard InChI is InChI=1S/C16H10NO2/c18-15(11-6-2-1-3-7-11)16(19)14-13-9-5-4-8-12(13)10-17-14/h2-10,17H. The first-order valence-electron chi connectivity index (χ1n) is 5.88. The Morgan fingerprint density at radius 2 is 1.68 bits per heavy atom. The monoisotopic (exact) mass is 248 g/mol. The van der Waals surface area contributed by atoms with Gasteiger partial charge in [0.25, 0.3) is 0 Å². The van der Waals surface area contributed by atoms with Gasteiger partial charge in [0.15, 0.2) is 0 Å². The molecule has 1 aromatic heterocycles. The Balaban J connectivity index is 2.03. The second-order valence-corrected chi connectivity index (χ2v) is 4.20. The highest BCUT2D eigenvalue weighted by Gasteiger charge is 2.21. The minimum absolute atomic E-state index is 0.341. The normalized spacial score (nSPS) is 10.5. The van der Waals surface area contributed by atoms with Crippen molar-refractivity contribution >= 4 is 22.3 Å². The number of aromatic amines is 1. The lowest BCUT2D eigenvalue weighted by molar-refractivity contribution is 0.0815. The zero-order valence-corrected chi connectivity index (χ0v) is 10.0. The smallest absolute Gasteiger partial charge is 0.250 e. The molecule has 0 amide bonds. The highest BCUT2D eigenvalue weighted by atomic mass is 16.2. The molecule has 1 heterocycles. The molecule has 3 rings (SSSR count). The van der Waals surface area contributed by atoms with E-state index in [0.29, 0.717) is 11.3 Å². The summed E-state index contributed by atoms with van der Waals surface area (Å²) in [5.74, 6) is -1.03. The number of H-pyrrole nitrogens is 1. The molecule has 0 saturated heterocycles. The molecule has 3 aromatic rings. The van der Waals surface area contributed by atoms with Crippen molar-refractivity contribution in [1.82, 2.24) is 4.98 Å². The van der Waals surface area contributed by atoms with Crippen LogP contribution in [0.5, 0.6) is 0 Å². The summed E-state index contributed by atoms with van der Waals surface area (Å²) in [6, 6.07) is 16.7. The highest BCUT2D eigenvalue weighted by Crippen LogP contribution is 2.19. The molecule has 2 aromatic carbocycles. The number of ketones is 2. The number of rotatable bonds is 3. The molecule has 0 spiro atoms. The van der Waals surface area contributed by atoms with Gasteiger partial charge in [-0.2, -0.15) is 0 Å². The van der Waals surface area contributed by atoms with Crippen LogP contribution in [0.3, 0.4) is 0 Å². The maximum Gasteiger partial charge on any atom is 0.250 e. The molecule has 0 aliphatic carbocycles. The van der Waals surface area contributed by atoms with Crippen molar-refractivity contribution in [1.29, 1.82) is 0 Å². The average Bonchev–Trinajstić information content (AvgIpc) is 2.90. The molecule has 3 nitrogen and oxygen atoms in total. The van der Waals surface area contributed by atoms with Crippen molar-refractivity contribution in [2.24, 2.45) is 0 Å². The lowest BCUT2D eigenvalue weighted by Crippen LogP contribution is -2.15. The van der Waals surface area contributed by atoms with E-state index in [1.165, 1.54) is 0 Å². The fraction of sp³-hybridized carbons (Fsp3) is 0. The molecule has 3 heteroatoms. The topological polar surface area (TPSA) is 49.9 Å². The maximum atomic E-state index is 12.2. The minimum atomic E-state index is -0.521. The average molecular weight is 248 g/mol. The molecule has 0 bridgehead atoms. The quantitative estimate of drug-likeness (QED) is 0.572. The number of carbonyl (C=O) groups is 2. The summed E-state index contributed by atoms with van der Waals surface area (Å²) in [5.41, 5.74) is 0.718. The summed E-state index contributed by atoms with van der Waals surface area (Å²) < 4.78 is 0. The Hall–Kier alpha value is -2.68. The Bertz CT molecular complexity index is 757. The summed E-state index contributed by atoms with van der Waals surface area (Å²) in [6.45, 7) is 0. The summed E-state index contributed by atoms with van der Waals surface area (Å²) >= 11 is 0. The molecule has 1 radical (unpaired) electrons. The molecule has 0 atom stereocenters. The van der Waals surface area contributed by atoms with Crippen LogP contribution in [0.25, 0.3) is 10.8 Å². The lowest BCUT2D eigenvalue weighted by atomic mass is 10.0. The molecule has 1 N–H and O–H groups in total. The van der Waals surface area contributed by atoms with Crippen LogP contribution in [0.1, 0.15) is 20.8 Å². The summed E-state index contributed by atoms with van der Waals surface area (Å²) in [5, 5.41) is 1.68. The van der Waals surface area contributed by atoms with E-state index < -0.39 is 11.6 Å². The van der Waals surface area contributed by atoms with Gasteiger partial charge in [-0.3, -0.25) is 9.59 Å². The predicted molar refractivity (Wildman–Crippen MR) is 72.2 cm³/mol. The minimum Gasteiger partial charge on any atom is -0.357 e. The van der Waals surface area contributed by atoms with E-state index in [2.05, 4.69) is 11.1 Å². The van der Waals surface area contributed by atoms with Gasteiger partial charge in [0.2, 0.25) is 11.6 Å². The number of nitrogens with one attached hydrogen (secondary N) is 1. The summed E-state index contributed by atoms with van der Waals surface area (Å²) in [7, 11) is 0. The lowest BCUT2D eigenvalue weighted by Gasteiger charge is -1.99. The second-order valence-electron chi connectivity index (χ2n) is 4.20. The molecule has 91 valence electrons. The number of benzene rings is 2. The highest BCUT2D eigenvalue weighted by molar-refractivity contribution is 6.50. The Kier molecular flexibility index (Phi) is 2.72. The van der Waals surface area contributed by atoms with Crippen molar-refractivity contribution in [2.45, 2.75) is 0 Å². The van der Waals surface area contributed by atoms with E-state index in [9.17, 15) is 9.59 Å². The second kappa shape index (κ2) is 4.53. The number of hydrogen-bond acceptors (Lipinski definition) is 2. The largest absolute Gasteiger partial charge is 0.357 e. The third-order valence-corrected chi connectivity index (χ3v) is 3.02. The predicted octanol–water partition coefficient (Wildman–Crippen LogP) is 3.03. The van der Waals surface area contributed by atoms with Gasteiger partial charge >= 0.3 is 0 Å². The Labute approximate surface area is 109 Å². The molecule has 0 fully saturated rings. The number of fused-ring (bicyclic) bond motifs is 1. The van der Waals surface area contributed by atoms with Crippen LogP contribution in [0.15, 0.2) is 54.7 Å². The van der Waals surface area contributed by atoms with Crippen LogP contribution >= 0.6 is 0 Å². The summed E-state index contributed by atoms with van der Waals surface area (Å²) in [4.78, 5) is 27.2.